The number of carbonyl (C=O) groups is 1. The van der Waals surface area contributed by atoms with Gasteiger partial charge in [-0.15, -0.1) is 0 Å². The van der Waals surface area contributed by atoms with E-state index >= 15 is 0 Å². The predicted octanol–water partition coefficient (Wildman–Crippen LogP) is 3.14. The van der Waals surface area contributed by atoms with E-state index in [1.807, 2.05) is 54.6 Å². The predicted molar refractivity (Wildman–Crippen MR) is 82.4 cm³/mol. The summed E-state index contributed by atoms with van der Waals surface area (Å²) in [6.07, 6.45) is 2.03. The van der Waals surface area contributed by atoms with Gasteiger partial charge in [0.2, 0.25) is 5.89 Å². The highest BCUT2D eigenvalue weighted by molar-refractivity contribution is 5.74. The maximum atomic E-state index is 11.6. The third-order valence-electron chi connectivity index (χ3n) is 3.02. The van der Waals surface area contributed by atoms with E-state index in [0.29, 0.717) is 12.3 Å². The molecule has 0 fully saturated rings. The smallest absolute Gasteiger partial charge is 0.339 e. The van der Waals surface area contributed by atoms with Gasteiger partial charge in [-0.25, -0.2) is 9.78 Å². The van der Waals surface area contributed by atoms with Gasteiger partial charge in [-0.2, -0.15) is 0 Å². The molecule has 2 aromatic carbocycles. The van der Waals surface area contributed by atoms with Crippen LogP contribution < -0.4 is 0 Å². The van der Waals surface area contributed by atoms with Crippen LogP contribution in [0.15, 0.2) is 64.2 Å². The van der Waals surface area contributed by atoms with Crippen LogP contribution >= 0.6 is 0 Å². The average molecular weight is 294 g/mol. The Kier molecular flexibility index (Phi) is 4.25. The minimum Gasteiger partial charge on any atom is -0.440 e. The third kappa shape index (κ3) is 3.58. The van der Waals surface area contributed by atoms with Crippen molar-refractivity contribution < 1.29 is 14.0 Å². The van der Waals surface area contributed by atoms with Crippen molar-refractivity contribution in [2.24, 2.45) is 5.16 Å². The number of aromatic nitrogens is 1. The molecule has 0 amide bonds. The number of para-hydroxylation sites is 2. The van der Waals surface area contributed by atoms with E-state index in [9.17, 15) is 4.79 Å². The Morgan fingerprint density at radius 3 is 2.73 bits per heavy atom. The van der Waals surface area contributed by atoms with Crippen molar-refractivity contribution in [1.82, 2.24) is 4.98 Å². The lowest BCUT2D eigenvalue weighted by Gasteiger charge is -1.97. The zero-order valence-electron chi connectivity index (χ0n) is 11.8. The molecule has 0 saturated heterocycles. The molecule has 0 N–H and O–H groups in total. The van der Waals surface area contributed by atoms with Gasteiger partial charge in [-0.1, -0.05) is 47.6 Å². The van der Waals surface area contributed by atoms with Crippen molar-refractivity contribution in [2.45, 2.75) is 12.8 Å². The van der Waals surface area contributed by atoms with E-state index in [1.54, 1.807) is 0 Å². The van der Waals surface area contributed by atoms with Crippen LogP contribution in [0.4, 0.5) is 0 Å². The first-order valence-corrected chi connectivity index (χ1v) is 6.91. The lowest BCUT2D eigenvalue weighted by molar-refractivity contribution is -0.142. The van der Waals surface area contributed by atoms with Gasteiger partial charge >= 0.3 is 5.97 Å². The lowest BCUT2D eigenvalue weighted by atomic mass is 10.2. The monoisotopic (exact) mass is 294 g/mol. The van der Waals surface area contributed by atoms with Gasteiger partial charge in [0, 0.05) is 0 Å². The fourth-order valence-corrected chi connectivity index (χ4v) is 2.01. The first-order chi connectivity index (χ1) is 10.8. The van der Waals surface area contributed by atoms with Gasteiger partial charge in [0.15, 0.2) is 5.58 Å². The minimum atomic E-state index is -0.403. The molecule has 0 atom stereocenters. The molecule has 0 bridgehead atoms. The summed E-state index contributed by atoms with van der Waals surface area (Å²) in [5.74, 6) is 0.129. The molecule has 3 aromatic rings. The second kappa shape index (κ2) is 6.67. The zero-order valence-corrected chi connectivity index (χ0v) is 11.8. The summed E-state index contributed by atoms with van der Waals surface area (Å²) in [5.41, 5.74) is 2.42. The number of oxime groups is 1. The number of oxazole rings is 1. The van der Waals surface area contributed by atoms with Crippen LogP contribution in [0.1, 0.15) is 11.5 Å². The highest BCUT2D eigenvalue weighted by atomic mass is 16.7. The van der Waals surface area contributed by atoms with E-state index in [0.717, 1.165) is 16.7 Å². The average Bonchev–Trinajstić information content (AvgIpc) is 2.95. The summed E-state index contributed by atoms with van der Waals surface area (Å²) < 4.78 is 5.53. The Morgan fingerprint density at radius 2 is 1.91 bits per heavy atom. The number of fused-ring (bicyclic) bond motifs is 1. The van der Waals surface area contributed by atoms with E-state index in [1.165, 1.54) is 6.21 Å². The van der Waals surface area contributed by atoms with Gasteiger partial charge < -0.3 is 9.25 Å². The molecular weight excluding hydrogens is 280 g/mol. The molecule has 110 valence electrons. The number of hydrogen-bond donors (Lipinski definition) is 0. The summed E-state index contributed by atoms with van der Waals surface area (Å²) in [6.45, 7) is 0. The SMILES string of the molecule is O=C(Cc1ccccc1)ON=CCc1nc2ccccc2o1. The molecule has 0 aliphatic rings. The Labute approximate surface area is 127 Å². The molecule has 5 heteroatoms. The molecule has 0 radical (unpaired) electrons. The summed E-state index contributed by atoms with van der Waals surface area (Å²) in [6, 6.07) is 16.9. The van der Waals surface area contributed by atoms with Crippen molar-refractivity contribution >= 4 is 23.3 Å². The molecule has 1 aromatic heterocycles. The minimum absolute atomic E-state index is 0.196. The lowest BCUT2D eigenvalue weighted by Crippen LogP contribution is -2.04. The van der Waals surface area contributed by atoms with Gasteiger partial charge in [-0.05, 0) is 17.7 Å². The van der Waals surface area contributed by atoms with Gasteiger partial charge in [0.1, 0.15) is 5.52 Å². The quantitative estimate of drug-likeness (QED) is 0.412. The van der Waals surface area contributed by atoms with Gasteiger partial charge in [-0.3, -0.25) is 0 Å². The fraction of sp³-hybridized carbons (Fsp3) is 0.118. The van der Waals surface area contributed by atoms with Crippen LogP contribution in [0, 0.1) is 0 Å². The van der Waals surface area contributed by atoms with E-state index in [2.05, 4.69) is 10.1 Å². The van der Waals surface area contributed by atoms with E-state index in [4.69, 9.17) is 9.25 Å². The maximum absolute atomic E-state index is 11.6. The molecule has 0 unspecified atom stereocenters. The molecule has 22 heavy (non-hydrogen) atoms. The first-order valence-electron chi connectivity index (χ1n) is 6.91. The third-order valence-corrected chi connectivity index (χ3v) is 3.02. The topological polar surface area (TPSA) is 64.7 Å². The fourth-order valence-electron chi connectivity index (χ4n) is 2.01. The molecule has 0 spiro atoms. The molecule has 3 rings (SSSR count). The Bertz CT molecular complexity index is 761. The molecule has 0 aliphatic carbocycles. The molecular formula is C17H14N2O3. The normalized spacial score (nSPS) is 11.1. The van der Waals surface area contributed by atoms with Crippen molar-refractivity contribution in [3.8, 4) is 0 Å². The largest absolute Gasteiger partial charge is 0.440 e. The Morgan fingerprint density at radius 1 is 1.14 bits per heavy atom. The molecule has 0 aliphatic heterocycles. The summed E-state index contributed by atoms with van der Waals surface area (Å²) in [7, 11) is 0. The van der Waals surface area contributed by atoms with Crippen LogP contribution in [-0.4, -0.2) is 17.2 Å². The van der Waals surface area contributed by atoms with Crippen LogP contribution in [0.5, 0.6) is 0 Å². The second-order valence-corrected chi connectivity index (χ2v) is 4.69. The molecule has 1 heterocycles. The van der Waals surface area contributed by atoms with Crippen molar-refractivity contribution in [1.29, 1.82) is 0 Å². The van der Waals surface area contributed by atoms with Crippen LogP contribution in [0.25, 0.3) is 11.1 Å². The van der Waals surface area contributed by atoms with Crippen LogP contribution in [0.2, 0.25) is 0 Å². The van der Waals surface area contributed by atoms with E-state index in [-0.39, 0.29) is 6.42 Å². The zero-order chi connectivity index (χ0) is 15.2. The van der Waals surface area contributed by atoms with Crippen molar-refractivity contribution in [3.05, 3.63) is 66.1 Å². The Hall–Kier alpha value is -2.95. The highest BCUT2D eigenvalue weighted by Crippen LogP contribution is 2.14. The summed E-state index contributed by atoms with van der Waals surface area (Å²) >= 11 is 0. The van der Waals surface area contributed by atoms with Crippen LogP contribution in [0.3, 0.4) is 0 Å². The standard InChI is InChI=1S/C17H14N2O3/c20-17(12-13-6-2-1-3-7-13)22-18-11-10-16-19-14-8-4-5-9-15(14)21-16/h1-9,11H,10,12H2. The highest BCUT2D eigenvalue weighted by Gasteiger charge is 2.05. The van der Waals surface area contributed by atoms with E-state index < -0.39 is 5.97 Å². The summed E-state index contributed by atoms with van der Waals surface area (Å²) in [4.78, 5) is 20.7. The van der Waals surface area contributed by atoms with Crippen molar-refractivity contribution in [2.75, 3.05) is 0 Å². The van der Waals surface area contributed by atoms with Gasteiger partial charge in [0.05, 0.1) is 19.1 Å². The molecule has 0 saturated carbocycles. The number of carbonyl (C=O) groups excluding carboxylic acids is 1. The number of hydrogen-bond acceptors (Lipinski definition) is 5. The first kappa shape index (κ1) is 14.0. The summed E-state index contributed by atoms with van der Waals surface area (Å²) in [5, 5.41) is 3.66. The number of nitrogens with zero attached hydrogens (tertiary/aromatic N) is 2. The van der Waals surface area contributed by atoms with Crippen LogP contribution in [-0.2, 0) is 22.5 Å². The van der Waals surface area contributed by atoms with Gasteiger partial charge in [0.25, 0.3) is 0 Å². The van der Waals surface area contributed by atoms with Crippen molar-refractivity contribution in [3.63, 3.8) is 0 Å². The number of rotatable bonds is 5. The molecule has 5 nitrogen and oxygen atoms in total. The number of benzene rings is 2. The second-order valence-electron chi connectivity index (χ2n) is 4.69. The Balaban J connectivity index is 1.51. The maximum Gasteiger partial charge on any atom is 0.339 e.